The number of hydrogen-bond donors (Lipinski definition) is 8. The number of nitrogens with two attached hydrogens (primary N) is 5. The number of aryl methyl sites for hydroxylation is 3. The molecule has 0 unspecified atom stereocenters. The summed E-state index contributed by atoms with van der Waals surface area (Å²) in [7, 11) is 0. The van der Waals surface area contributed by atoms with E-state index in [0.29, 0.717) is 6.54 Å². The first kappa shape index (κ1) is 54.6. The van der Waals surface area contributed by atoms with Gasteiger partial charge in [0, 0.05) is 98.5 Å². The van der Waals surface area contributed by atoms with Crippen LogP contribution in [0.25, 0.3) is 22.0 Å². The maximum atomic E-state index is 7.06. The molecule has 8 rings (SSSR count). The molecule has 1 aliphatic rings. The zero-order valence-corrected chi connectivity index (χ0v) is 37.5. The fourth-order valence-corrected chi connectivity index (χ4v) is 6.25. The van der Waals surface area contributed by atoms with E-state index in [0.717, 1.165) is 101 Å². The maximum absolute atomic E-state index is 7.06. The summed E-state index contributed by atoms with van der Waals surface area (Å²) >= 11 is 0. The molecule has 0 spiro atoms. The fraction of sp³-hybridized carbons (Fsp3) is 0.333. The Kier molecular flexibility index (Phi) is 29.2. The Bertz CT molecular complexity index is 2160. The number of benzene rings is 2. The minimum atomic E-state index is 0. The summed E-state index contributed by atoms with van der Waals surface area (Å²) in [6.07, 6.45) is 26.9. The summed E-state index contributed by atoms with van der Waals surface area (Å²) in [5.41, 5.74) is 36.6. The van der Waals surface area contributed by atoms with Crippen molar-refractivity contribution < 1.29 is 0 Å². The summed E-state index contributed by atoms with van der Waals surface area (Å²) < 4.78 is 0. The topological polar surface area (TPSA) is 249 Å². The van der Waals surface area contributed by atoms with Crippen LogP contribution in [0.15, 0.2) is 147 Å². The highest BCUT2D eigenvalue weighted by molar-refractivity contribution is 5.83. The number of anilines is 1. The highest BCUT2D eigenvalue weighted by Gasteiger charge is 2.08. The molecular formula is C51H74N14. The number of piperazine rings is 1. The van der Waals surface area contributed by atoms with Crippen LogP contribution < -0.4 is 34.0 Å². The minimum absolute atomic E-state index is 0. The Morgan fingerprint density at radius 3 is 1.68 bits per heavy atom. The maximum Gasteiger partial charge on any atom is 0.188 e. The number of unbranched alkanes of at least 4 members (excludes halogenated alkanes) is 1. The molecule has 65 heavy (non-hydrogen) atoms. The van der Waals surface area contributed by atoms with Crippen LogP contribution in [0.3, 0.4) is 0 Å². The molecule has 0 bridgehead atoms. The monoisotopic (exact) mass is 883 g/mol. The van der Waals surface area contributed by atoms with Crippen molar-refractivity contribution in [1.29, 1.82) is 5.41 Å². The summed E-state index contributed by atoms with van der Waals surface area (Å²) in [6, 6.07) is 28.2. The Morgan fingerprint density at radius 1 is 0.615 bits per heavy atom. The second-order valence-electron chi connectivity index (χ2n) is 14.7. The third-order valence-corrected chi connectivity index (χ3v) is 9.71. The van der Waals surface area contributed by atoms with Crippen molar-refractivity contribution in [3.63, 3.8) is 0 Å². The van der Waals surface area contributed by atoms with Crippen LogP contribution in [-0.2, 0) is 25.7 Å². The molecule has 0 amide bonds. The smallest absolute Gasteiger partial charge is 0.188 e. The van der Waals surface area contributed by atoms with Gasteiger partial charge in [0.25, 0.3) is 0 Å². The molecular weight excluding hydrogens is 809 g/mol. The first-order valence-electron chi connectivity index (χ1n) is 22.1. The molecule has 2 aromatic carbocycles. The number of nitrogens with one attached hydrogen (secondary N) is 3. The van der Waals surface area contributed by atoms with Crippen LogP contribution in [0.1, 0.15) is 62.3 Å². The number of aromatic amines is 1. The predicted molar refractivity (Wildman–Crippen MR) is 272 cm³/mol. The average Bonchev–Trinajstić information content (AvgIpc) is 3.77. The zero-order chi connectivity index (χ0) is 45.9. The number of hydrogen-bond acceptors (Lipinski definition) is 11. The zero-order valence-electron chi connectivity index (χ0n) is 37.5. The molecule has 1 aliphatic heterocycles. The molecule has 0 radical (unpaired) electrons. The number of para-hydroxylation sites is 1. The molecule has 0 atom stereocenters. The number of nitrogens with zero attached hydrogens (tertiary/aromatic N) is 6. The lowest BCUT2D eigenvalue weighted by Gasteiger charge is -2.27. The number of aromatic nitrogens is 6. The van der Waals surface area contributed by atoms with E-state index >= 15 is 0 Å². The quantitative estimate of drug-likeness (QED) is 0.0263. The summed E-state index contributed by atoms with van der Waals surface area (Å²) in [5.74, 6) is 0.191. The standard InChI is InChI=1S/C11H10N2.C10H12N2.C9H14N2.C8H12N2.C7H10N2.C5H12N4.CH4/c12-11-3-1-9(2-4-11)10-5-7-13-8-6-10;11-6-5-8-7-12-10-4-2-1-3-9(8)10;10-6-2-1-3-9-4-7-11-8-5-9;9-5-1-2-8-3-6-10-7-4-8;1-2-3-7-4-8-6-9-5-7;6-5(7)9-3-1-8-2-4-9;/h1-8H,12H2;1-4,7,12H,5-6,11H2;4-5,7-8H,1-3,6,10H2;3-4,6-7H,1-2,5,9H2;4-6H,2-3H2,1H3;8H,1-4H2,(H3,6,7);1H4. The van der Waals surface area contributed by atoms with Gasteiger partial charge in [-0.1, -0.05) is 51.1 Å². The normalized spacial score (nSPS) is 11.2. The molecule has 7 aromatic rings. The Hall–Kier alpha value is -6.58. The number of rotatable bonds is 12. The summed E-state index contributed by atoms with van der Waals surface area (Å²) in [5, 5.41) is 11.5. The molecule has 0 aliphatic carbocycles. The van der Waals surface area contributed by atoms with Gasteiger partial charge in [-0.05, 0) is 153 Å². The SMILES string of the molecule is C.CCCc1cncnc1.N=C(N)N1CCNCC1.NCCCCc1ccncc1.NCCCc1ccncc1.NCCc1c[nH]c2ccccc12.Nc1ccc(-c2ccncc2)cc1. The fourth-order valence-electron chi connectivity index (χ4n) is 6.25. The predicted octanol–water partition coefficient (Wildman–Crippen LogP) is 7.19. The molecule has 348 valence electrons. The van der Waals surface area contributed by atoms with Crippen molar-refractivity contribution in [3.05, 3.63) is 169 Å². The molecule has 14 heteroatoms. The van der Waals surface area contributed by atoms with Crippen molar-refractivity contribution in [3.8, 4) is 11.1 Å². The van der Waals surface area contributed by atoms with Gasteiger partial charge in [-0.25, -0.2) is 9.97 Å². The number of pyridine rings is 3. The van der Waals surface area contributed by atoms with Crippen LogP contribution in [0.4, 0.5) is 5.69 Å². The van der Waals surface area contributed by atoms with Crippen molar-refractivity contribution in [2.75, 3.05) is 51.5 Å². The van der Waals surface area contributed by atoms with Gasteiger partial charge in [0.15, 0.2) is 5.96 Å². The number of H-pyrrole nitrogens is 1. The molecule has 1 saturated heterocycles. The second kappa shape index (κ2) is 34.9. The van der Waals surface area contributed by atoms with Crippen LogP contribution in [0.5, 0.6) is 0 Å². The van der Waals surface area contributed by atoms with Gasteiger partial charge in [-0.15, -0.1) is 0 Å². The average molecular weight is 883 g/mol. The van der Waals surface area contributed by atoms with E-state index in [-0.39, 0.29) is 13.4 Å². The lowest BCUT2D eigenvalue weighted by molar-refractivity contribution is 0.352. The van der Waals surface area contributed by atoms with Gasteiger partial charge >= 0.3 is 0 Å². The molecule has 1 fully saturated rings. The van der Waals surface area contributed by atoms with Crippen LogP contribution in [0.2, 0.25) is 0 Å². The highest BCUT2D eigenvalue weighted by atomic mass is 15.3. The van der Waals surface area contributed by atoms with E-state index in [1.54, 1.807) is 18.7 Å². The number of nitrogen functional groups attached to an aromatic ring is 1. The molecule has 0 saturated carbocycles. The molecule has 6 heterocycles. The van der Waals surface area contributed by atoms with Crippen molar-refractivity contribution in [1.82, 2.24) is 40.1 Å². The van der Waals surface area contributed by atoms with Gasteiger partial charge in [0.2, 0.25) is 0 Å². The summed E-state index contributed by atoms with van der Waals surface area (Å²) in [4.78, 5) is 24.7. The molecule has 13 N–H and O–H groups in total. The van der Waals surface area contributed by atoms with Crippen LogP contribution in [0, 0.1) is 5.41 Å². The Balaban J connectivity index is 0.000000269. The van der Waals surface area contributed by atoms with Gasteiger partial charge < -0.3 is 43.9 Å². The van der Waals surface area contributed by atoms with E-state index in [2.05, 4.69) is 72.5 Å². The van der Waals surface area contributed by atoms with E-state index in [9.17, 15) is 0 Å². The van der Waals surface area contributed by atoms with Crippen molar-refractivity contribution in [2.24, 2.45) is 22.9 Å². The van der Waals surface area contributed by atoms with Crippen LogP contribution >= 0.6 is 0 Å². The van der Waals surface area contributed by atoms with Gasteiger partial charge in [0.1, 0.15) is 6.33 Å². The van der Waals surface area contributed by atoms with Gasteiger partial charge in [0.05, 0.1) is 0 Å². The first-order chi connectivity index (χ1) is 31.4. The third kappa shape index (κ3) is 23.6. The number of guanidine groups is 1. The lowest BCUT2D eigenvalue weighted by atomic mass is 10.1. The van der Waals surface area contributed by atoms with Gasteiger partial charge in [-0.3, -0.25) is 20.4 Å². The lowest BCUT2D eigenvalue weighted by Crippen LogP contribution is -2.48. The molecule has 5 aromatic heterocycles. The van der Waals surface area contributed by atoms with E-state index in [4.69, 9.17) is 34.1 Å². The van der Waals surface area contributed by atoms with E-state index < -0.39 is 0 Å². The van der Waals surface area contributed by atoms with Crippen molar-refractivity contribution >= 4 is 22.5 Å². The number of fused-ring (bicyclic) bond motifs is 1. The van der Waals surface area contributed by atoms with E-state index in [1.807, 2.05) is 103 Å². The minimum Gasteiger partial charge on any atom is -0.399 e. The van der Waals surface area contributed by atoms with Crippen LogP contribution in [-0.4, -0.2) is 86.6 Å². The molecule has 14 nitrogen and oxygen atoms in total. The highest BCUT2D eigenvalue weighted by Crippen LogP contribution is 2.19. The third-order valence-electron chi connectivity index (χ3n) is 9.71. The second-order valence-corrected chi connectivity index (χ2v) is 14.7. The van der Waals surface area contributed by atoms with Gasteiger partial charge in [-0.2, -0.15) is 0 Å². The van der Waals surface area contributed by atoms with Crippen molar-refractivity contribution in [2.45, 2.75) is 65.7 Å². The van der Waals surface area contributed by atoms with E-state index in [1.165, 1.54) is 39.6 Å². The first-order valence-corrected chi connectivity index (χ1v) is 22.1. The Labute approximate surface area is 387 Å². The largest absolute Gasteiger partial charge is 0.399 e. The summed E-state index contributed by atoms with van der Waals surface area (Å²) in [6.45, 7) is 8.05. The Morgan fingerprint density at radius 2 is 1.15 bits per heavy atom.